The van der Waals surface area contributed by atoms with Crippen molar-refractivity contribution < 1.29 is 18.7 Å². The number of epoxide rings is 1. The van der Waals surface area contributed by atoms with Gasteiger partial charge in [-0.1, -0.05) is 64.8 Å². The molecule has 0 radical (unpaired) electrons. The molecule has 4 fully saturated rings. The third-order valence-electron chi connectivity index (χ3n) is 11.5. The summed E-state index contributed by atoms with van der Waals surface area (Å²) in [5, 5.41) is 0.214. The molecule has 5 heteroatoms. The van der Waals surface area contributed by atoms with E-state index in [2.05, 4.69) is 66.8 Å². The van der Waals surface area contributed by atoms with Crippen LogP contribution in [0.5, 0.6) is 0 Å². The van der Waals surface area contributed by atoms with Crippen molar-refractivity contribution in [2.45, 2.75) is 117 Å². The molecule has 0 N–H and O–H groups in total. The zero-order valence-electron chi connectivity index (χ0n) is 23.6. The second-order valence-electron chi connectivity index (χ2n) is 14.4. The van der Waals surface area contributed by atoms with Crippen molar-refractivity contribution in [3.8, 4) is 0 Å². The maximum atomic E-state index is 11.4. The maximum Gasteiger partial charge on any atom is 0.302 e. The Morgan fingerprint density at radius 2 is 1.89 bits per heavy atom. The molecule has 1 heterocycles. The minimum atomic E-state index is -1.84. The van der Waals surface area contributed by atoms with Crippen molar-refractivity contribution in [2.75, 3.05) is 6.61 Å². The summed E-state index contributed by atoms with van der Waals surface area (Å²) in [5.74, 6) is 2.10. The highest BCUT2D eigenvalue weighted by Gasteiger charge is 2.67. The smallest absolute Gasteiger partial charge is 0.302 e. The maximum absolute atomic E-state index is 11.4. The van der Waals surface area contributed by atoms with Crippen LogP contribution in [0.3, 0.4) is 0 Å². The average molecular weight is 501 g/mol. The van der Waals surface area contributed by atoms with Gasteiger partial charge in [0.25, 0.3) is 0 Å². The molecule has 0 aromatic rings. The summed E-state index contributed by atoms with van der Waals surface area (Å²) in [4.78, 5) is 11.4. The quantitative estimate of drug-likeness (QED) is 0.230. The van der Waals surface area contributed by atoms with Crippen LogP contribution in [0, 0.1) is 34.5 Å². The normalized spacial score (nSPS) is 43.1. The molecule has 0 spiro atoms. The van der Waals surface area contributed by atoms with Crippen LogP contribution in [0.4, 0.5) is 0 Å². The zero-order valence-corrected chi connectivity index (χ0v) is 24.6. The van der Waals surface area contributed by atoms with Gasteiger partial charge >= 0.3 is 5.97 Å². The summed E-state index contributed by atoms with van der Waals surface area (Å²) in [6.07, 6.45) is 11.8. The number of carbonyl (C=O) groups excluding carboxylic acids is 1. The van der Waals surface area contributed by atoms with Gasteiger partial charge in [0, 0.05) is 12.3 Å². The summed E-state index contributed by atoms with van der Waals surface area (Å²) in [6.45, 7) is 21.1. The van der Waals surface area contributed by atoms with E-state index < -0.39 is 8.32 Å². The lowest BCUT2D eigenvalue weighted by Crippen LogP contribution is -2.52. The predicted octanol–water partition coefficient (Wildman–Crippen LogP) is 7.06. The number of fused-ring (bicyclic) bond motifs is 7. The Balaban J connectivity index is 1.38. The number of hydrogen-bond acceptors (Lipinski definition) is 4. The van der Waals surface area contributed by atoms with E-state index in [4.69, 9.17) is 13.9 Å². The van der Waals surface area contributed by atoms with Crippen LogP contribution in [0.1, 0.15) is 80.6 Å². The number of ether oxygens (including phenoxy) is 2. The Morgan fingerprint density at radius 1 is 1.17 bits per heavy atom. The standard InChI is InChI=1S/C30H48O4Si/c1-18(17-32-19(2)31)22-12-13-23-21-11-10-20-16-25(34-35(8,9)28(3,4)5)26-27(33-26)30(20,7)24(21)14-15-29(22,23)6/h10-11,18,22-27H,12-17H2,1-9H3/t18-,22-,23+,24+,25-,26+,27+,29-,30+/m1/s1. The van der Waals surface area contributed by atoms with Gasteiger partial charge in [-0.05, 0) is 79.3 Å². The van der Waals surface area contributed by atoms with Crippen molar-refractivity contribution in [1.29, 1.82) is 0 Å². The van der Waals surface area contributed by atoms with Crippen molar-refractivity contribution in [3.63, 3.8) is 0 Å². The molecule has 1 saturated heterocycles. The topological polar surface area (TPSA) is 48.1 Å². The molecule has 5 aliphatic rings. The van der Waals surface area contributed by atoms with Crippen molar-refractivity contribution in [3.05, 3.63) is 23.3 Å². The Hall–Kier alpha value is -0.913. The number of hydrogen-bond donors (Lipinski definition) is 0. The molecule has 0 aromatic carbocycles. The lowest BCUT2D eigenvalue weighted by Gasteiger charge is -2.54. The van der Waals surface area contributed by atoms with Gasteiger partial charge in [0.1, 0.15) is 6.10 Å². The Kier molecular flexibility index (Phi) is 6.10. The highest BCUT2D eigenvalue weighted by molar-refractivity contribution is 6.74. The van der Waals surface area contributed by atoms with Crippen LogP contribution >= 0.6 is 0 Å². The van der Waals surface area contributed by atoms with E-state index in [1.165, 1.54) is 32.6 Å². The zero-order chi connectivity index (χ0) is 25.6. The van der Waals surface area contributed by atoms with Gasteiger partial charge in [0.05, 0.1) is 18.8 Å². The van der Waals surface area contributed by atoms with Crippen LogP contribution in [-0.2, 0) is 18.7 Å². The first-order valence-corrected chi connectivity index (χ1v) is 17.0. The van der Waals surface area contributed by atoms with Crippen molar-refractivity contribution >= 4 is 14.3 Å². The van der Waals surface area contributed by atoms with Gasteiger partial charge < -0.3 is 13.9 Å². The fourth-order valence-electron chi connectivity index (χ4n) is 8.37. The second kappa shape index (κ2) is 8.29. The van der Waals surface area contributed by atoms with E-state index in [0.29, 0.717) is 41.8 Å². The van der Waals surface area contributed by atoms with E-state index in [9.17, 15) is 4.79 Å². The van der Waals surface area contributed by atoms with Gasteiger partial charge in [-0.3, -0.25) is 4.79 Å². The lowest BCUT2D eigenvalue weighted by molar-refractivity contribution is -0.143. The molecule has 5 rings (SSSR count). The second-order valence-corrected chi connectivity index (χ2v) is 19.2. The van der Waals surface area contributed by atoms with E-state index in [1.807, 2.05) is 0 Å². The highest BCUT2D eigenvalue weighted by atomic mass is 28.4. The number of allylic oxidation sites excluding steroid dienone is 3. The molecule has 0 amide bonds. The lowest BCUT2D eigenvalue weighted by atomic mass is 9.50. The molecule has 0 bridgehead atoms. The summed E-state index contributed by atoms with van der Waals surface area (Å²) in [7, 11) is -1.84. The summed E-state index contributed by atoms with van der Waals surface area (Å²) in [5.41, 5.74) is 3.67. The van der Waals surface area contributed by atoms with Crippen LogP contribution in [0.15, 0.2) is 23.3 Å². The molecule has 0 aromatic heterocycles. The Labute approximate surface area is 214 Å². The number of rotatable bonds is 5. The fraction of sp³-hybridized carbons (Fsp3) is 0.833. The average Bonchev–Trinajstić information content (AvgIpc) is 3.49. The molecule has 35 heavy (non-hydrogen) atoms. The molecule has 3 saturated carbocycles. The largest absolute Gasteiger partial charge is 0.466 e. The predicted molar refractivity (Wildman–Crippen MR) is 142 cm³/mol. The Morgan fingerprint density at radius 3 is 2.54 bits per heavy atom. The SMILES string of the molecule is CC(=O)OC[C@@H](C)[C@H]1CC[C@H]2C3=CC=C4C[C@@H](O[Si](C)(C)C(C)(C)C)[C@@H]5O[C@@H]5[C@]4(C)[C@H]3CC[C@]12C. The van der Waals surface area contributed by atoms with Gasteiger partial charge in [0.15, 0.2) is 8.32 Å². The van der Waals surface area contributed by atoms with E-state index >= 15 is 0 Å². The van der Waals surface area contributed by atoms with Gasteiger partial charge in [0.2, 0.25) is 0 Å². The monoisotopic (exact) mass is 500 g/mol. The van der Waals surface area contributed by atoms with Crippen LogP contribution in [-0.4, -0.2) is 39.2 Å². The first-order valence-electron chi connectivity index (χ1n) is 14.1. The minimum Gasteiger partial charge on any atom is -0.466 e. The molecule has 9 atom stereocenters. The van der Waals surface area contributed by atoms with Crippen molar-refractivity contribution in [1.82, 2.24) is 0 Å². The first-order chi connectivity index (χ1) is 16.2. The highest BCUT2D eigenvalue weighted by Crippen LogP contribution is 2.68. The summed E-state index contributed by atoms with van der Waals surface area (Å²) < 4.78 is 18.8. The third-order valence-corrected chi connectivity index (χ3v) is 16.0. The molecular weight excluding hydrogens is 452 g/mol. The minimum absolute atomic E-state index is 0.116. The van der Waals surface area contributed by atoms with E-state index in [0.717, 1.165) is 6.42 Å². The number of esters is 1. The third kappa shape index (κ3) is 3.94. The van der Waals surface area contributed by atoms with Gasteiger partial charge in [-0.25, -0.2) is 0 Å². The first kappa shape index (κ1) is 25.7. The van der Waals surface area contributed by atoms with Crippen LogP contribution < -0.4 is 0 Å². The van der Waals surface area contributed by atoms with E-state index in [-0.39, 0.29) is 28.6 Å². The number of carbonyl (C=O) groups is 1. The summed E-state index contributed by atoms with van der Waals surface area (Å²) in [6, 6.07) is 0. The Bertz CT molecular complexity index is 944. The van der Waals surface area contributed by atoms with Crippen LogP contribution in [0.2, 0.25) is 18.1 Å². The molecule has 4 aliphatic carbocycles. The molecule has 1 aliphatic heterocycles. The summed E-state index contributed by atoms with van der Waals surface area (Å²) >= 11 is 0. The fourth-order valence-corrected chi connectivity index (χ4v) is 9.70. The van der Waals surface area contributed by atoms with Crippen LogP contribution in [0.25, 0.3) is 0 Å². The van der Waals surface area contributed by atoms with Gasteiger partial charge in [-0.15, -0.1) is 0 Å². The molecular formula is C30H48O4Si. The van der Waals surface area contributed by atoms with E-state index in [1.54, 1.807) is 11.1 Å². The molecule has 0 unspecified atom stereocenters. The van der Waals surface area contributed by atoms with Gasteiger partial charge in [-0.2, -0.15) is 0 Å². The molecule has 4 nitrogen and oxygen atoms in total. The van der Waals surface area contributed by atoms with Crippen molar-refractivity contribution in [2.24, 2.45) is 34.5 Å². The molecule has 196 valence electrons.